The maximum absolute atomic E-state index is 14.4. The first-order valence-electron chi connectivity index (χ1n) is 20.1. The van der Waals surface area contributed by atoms with Crippen molar-refractivity contribution in [2.24, 2.45) is 5.73 Å². The lowest BCUT2D eigenvalue weighted by atomic mass is 10.00. The molecule has 4 rings (SSSR count). The number of nitrogens with one attached hydrogen (secondary N) is 8. The lowest BCUT2D eigenvalue weighted by molar-refractivity contribution is -0.142. The number of phenols is 1. The average molecular weight is 955 g/mol. The number of likely N-dealkylation sites (N-methyl/N-ethyl adjacent to an activating group) is 1. The van der Waals surface area contributed by atoms with Crippen LogP contribution in [0.25, 0.3) is 10.8 Å². The van der Waals surface area contributed by atoms with Gasteiger partial charge >= 0.3 is 0 Å². The Balaban J connectivity index is 1.66. The minimum absolute atomic E-state index is 0.0318. The molecule has 3 aromatic carbocycles. The predicted molar refractivity (Wildman–Crippen MR) is 237 cm³/mol. The number of fused-ring (bicyclic) bond motifs is 1. The van der Waals surface area contributed by atoms with Crippen molar-refractivity contribution in [2.75, 3.05) is 33.7 Å². The van der Waals surface area contributed by atoms with Gasteiger partial charge in [0.25, 0.3) is 0 Å². The number of aromatic hydroxyl groups is 1. The molecule has 0 bridgehead atoms. The molecule has 7 amide bonds. The van der Waals surface area contributed by atoms with Crippen LogP contribution in [0.1, 0.15) is 56.1 Å². The second kappa shape index (κ2) is 23.7. The van der Waals surface area contributed by atoms with Crippen molar-refractivity contribution in [1.82, 2.24) is 42.1 Å². The van der Waals surface area contributed by atoms with Crippen molar-refractivity contribution in [1.29, 1.82) is 5.41 Å². The van der Waals surface area contributed by atoms with Crippen LogP contribution >= 0.6 is 22.6 Å². The van der Waals surface area contributed by atoms with E-state index in [2.05, 4.69) is 37.2 Å². The van der Waals surface area contributed by atoms with Gasteiger partial charge < -0.3 is 53.0 Å². The number of carbonyl (C=O) groups excluding carboxylic acids is 7. The summed E-state index contributed by atoms with van der Waals surface area (Å²) in [5, 5.41) is 38.4. The van der Waals surface area contributed by atoms with Crippen LogP contribution in [0.3, 0.4) is 0 Å². The highest BCUT2D eigenvalue weighted by atomic mass is 127. The first kappa shape index (κ1) is 47.7. The summed E-state index contributed by atoms with van der Waals surface area (Å²) in [6.07, 6.45) is 1.26. The summed E-state index contributed by atoms with van der Waals surface area (Å²) in [6.45, 7) is -0.193. The standard InChI is InChI=1S/C42H55IN10O8/c1-46-35(55)12-5-13-36(56)47-18-7-11-33-40(60)51-30(10-6-19-48-42(44)45)39(59)52-31(22-25-14-16-27-8-3-4-9-28(27)20-25)38(58)49-24-37(57)50-32(41(61)53(33)2)23-26-15-17-34(54)29(43)21-26/h3-4,8-9,14-17,20-21,30-33,54H,5-7,10-13,18-19,22-24H2,1-2H3,(H,46,55)(H,47,56)(H,49,58)(H,50,57)(H,51,60)(H,52,59)(H4,44,45,48)/t30-,31?,32+,33+/m0/s1. The van der Waals surface area contributed by atoms with Crippen LogP contribution in [0.2, 0.25) is 0 Å². The molecule has 1 aliphatic rings. The second-order valence-electron chi connectivity index (χ2n) is 14.8. The van der Waals surface area contributed by atoms with Gasteiger partial charge in [-0.05, 0) is 88.7 Å². The summed E-state index contributed by atoms with van der Waals surface area (Å²) in [4.78, 5) is 95.5. The molecule has 1 heterocycles. The highest BCUT2D eigenvalue weighted by Crippen LogP contribution is 2.22. The molecule has 1 fully saturated rings. The maximum Gasteiger partial charge on any atom is 0.245 e. The zero-order valence-corrected chi connectivity index (χ0v) is 36.4. The van der Waals surface area contributed by atoms with Crippen LogP contribution < -0.4 is 43.0 Å². The van der Waals surface area contributed by atoms with Gasteiger partial charge in [0.1, 0.15) is 29.9 Å². The summed E-state index contributed by atoms with van der Waals surface area (Å²) in [5.41, 5.74) is 6.79. The molecule has 3 aromatic rings. The fourth-order valence-electron chi connectivity index (χ4n) is 6.84. The van der Waals surface area contributed by atoms with E-state index in [0.717, 1.165) is 16.3 Å². The molecule has 4 atom stereocenters. The van der Waals surface area contributed by atoms with Gasteiger partial charge in [-0.3, -0.25) is 39.0 Å². The van der Waals surface area contributed by atoms with E-state index in [4.69, 9.17) is 11.1 Å². The summed E-state index contributed by atoms with van der Waals surface area (Å²) in [5.74, 6) is -4.11. The van der Waals surface area contributed by atoms with Crippen LogP contribution in [0, 0.1) is 8.98 Å². The number of nitrogens with zero attached hydrogens (tertiary/aromatic N) is 1. The zero-order valence-electron chi connectivity index (χ0n) is 34.3. The van der Waals surface area contributed by atoms with E-state index in [1.165, 1.54) is 25.1 Å². The molecule has 18 nitrogen and oxygen atoms in total. The van der Waals surface area contributed by atoms with Crippen LogP contribution in [0.15, 0.2) is 60.7 Å². The lowest BCUT2D eigenvalue weighted by Crippen LogP contribution is -2.58. The summed E-state index contributed by atoms with van der Waals surface area (Å²) in [7, 11) is 2.93. The quantitative estimate of drug-likeness (QED) is 0.0409. The fraction of sp³-hybridized carbons (Fsp3) is 0.429. The van der Waals surface area contributed by atoms with Crippen molar-refractivity contribution in [2.45, 2.75) is 82.0 Å². The number of nitrogens with two attached hydrogens (primary N) is 1. The van der Waals surface area contributed by atoms with E-state index in [1.807, 2.05) is 65.1 Å². The molecule has 0 aromatic heterocycles. The Morgan fingerprint density at radius 3 is 2.15 bits per heavy atom. The van der Waals surface area contributed by atoms with E-state index >= 15 is 0 Å². The number of rotatable bonds is 16. The number of hydrogen-bond donors (Lipinski definition) is 10. The number of guanidine groups is 1. The van der Waals surface area contributed by atoms with E-state index in [9.17, 15) is 38.7 Å². The van der Waals surface area contributed by atoms with Crippen molar-refractivity contribution in [3.63, 3.8) is 0 Å². The fourth-order valence-corrected chi connectivity index (χ4v) is 7.42. The Morgan fingerprint density at radius 2 is 1.43 bits per heavy atom. The molecule has 11 N–H and O–H groups in total. The molecule has 0 spiro atoms. The molecule has 1 aliphatic heterocycles. The van der Waals surface area contributed by atoms with Crippen molar-refractivity contribution >= 4 is 80.7 Å². The van der Waals surface area contributed by atoms with Crippen LogP contribution in [-0.4, -0.2) is 115 Å². The molecule has 328 valence electrons. The van der Waals surface area contributed by atoms with E-state index < -0.39 is 60.2 Å². The van der Waals surface area contributed by atoms with Crippen molar-refractivity contribution in [3.8, 4) is 5.75 Å². The van der Waals surface area contributed by atoms with E-state index in [1.54, 1.807) is 12.1 Å². The predicted octanol–water partition coefficient (Wildman–Crippen LogP) is 0.422. The monoisotopic (exact) mass is 954 g/mol. The van der Waals surface area contributed by atoms with Crippen LogP contribution in [-0.2, 0) is 46.4 Å². The Bertz CT molecular complexity index is 2080. The van der Waals surface area contributed by atoms with Crippen LogP contribution in [0.4, 0.5) is 0 Å². The van der Waals surface area contributed by atoms with Crippen molar-refractivity contribution in [3.05, 3.63) is 75.4 Å². The minimum atomic E-state index is -1.23. The molecule has 0 saturated carbocycles. The number of carbonyl (C=O) groups is 7. The molecule has 1 unspecified atom stereocenters. The van der Waals surface area contributed by atoms with Gasteiger partial charge in [0.15, 0.2) is 5.96 Å². The lowest BCUT2D eigenvalue weighted by Gasteiger charge is -2.32. The van der Waals surface area contributed by atoms with Crippen LogP contribution in [0.5, 0.6) is 5.75 Å². The van der Waals surface area contributed by atoms with E-state index in [-0.39, 0.29) is 88.0 Å². The van der Waals surface area contributed by atoms with Gasteiger partial charge in [-0.15, -0.1) is 0 Å². The molecule has 0 aliphatic carbocycles. The zero-order chi connectivity index (χ0) is 44.5. The average Bonchev–Trinajstić information content (AvgIpc) is 3.23. The summed E-state index contributed by atoms with van der Waals surface area (Å²) < 4.78 is 0.513. The third-order valence-corrected chi connectivity index (χ3v) is 11.1. The Kier molecular flexibility index (Phi) is 18.5. The van der Waals surface area contributed by atoms with Gasteiger partial charge in [-0.2, -0.15) is 0 Å². The molecule has 1 saturated heterocycles. The molecular weight excluding hydrogens is 899 g/mol. The Morgan fingerprint density at radius 1 is 0.787 bits per heavy atom. The maximum atomic E-state index is 14.4. The van der Waals surface area contributed by atoms with Gasteiger partial charge in [0, 0.05) is 52.9 Å². The van der Waals surface area contributed by atoms with Crippen molar-refractivity contribution < 1.29 is 38.7 Å². The highest BCUT2D eigenvalue weighted by Gasteiger charge is 2.35. The van der Waals surface area contributed by atoms with Gasteiger partial charge in [0.05, 0.1) is 10.1 Å². The third-order valence-electron chi connectivity index (χ3n) is 10.2. The molecule has 61 heavy (non-hydrogen) atoms. The Hall–Kier alpha value is -5.99. The number of amides is 7. The SMILES string of the molecule is CNC(=O)CCCC(=O)NCCC[C@@H]1C(=O)N[C@@H](CCCNC(=N)N)C(=O)NC(Cc2ccc3ccccc3c2)C(=O)NCC(=O)N[C@H](Cc2ccc(O)c(I)c2)C(=O)N1C. The van der Waals surface area contributed by atoms with E-state index in [0.29, 0.717) is 15.6 Å². The minimum Gasteiger partial charge on any atom is -0.507 e. The summed E-state index contributed by atoms with van der Waals surface area (Å²) >= 11 is 1.94. The number of phenolic OH excluding ortho intramolecular Hbond substituents is 1. The number of benzene rings is 3. The van der Waals surface area contributed by atoms with Gasteiger partial charge in [0.2, 0.25) is 41.4 Å². The largest absolute Gasteiger partial charge is 0.507 e. The van der Waals surface area contributed by atoms with Gasteiger partial charge in [-0.1, -0.05) is 48.5 Å². The smallest absolute Gasteiger partial charge is 0.245 e. The number of hydrogen-bond acceptors (Lipinski definition) is 9. The first-order valence-corrected chi connectivity index (χ1v) is 21.2. The topological polar surface area (TPSA) is 277 Å². The number of halogens is 1. The first-order chi connectivity index (χ1) is 29.1. The summed E-state index contributed by atoms with van der Waals surface area (Å²) in [6, 6.07) is 13.2. The molecule has 19 heteroatoms. The second-order valence-corrected chi connectivity index (χ2v) is 16.0. The molecule has 0 radical (unpaired) electrons. The highest BCUT2D eigenvalue weighted by molar-refractivity contribution is 14.1. The third kappa shape index (κ3) is 15.2. The molecular formula is C42H55IN10O8. The van der Waals surface area contributed by atoms with Gasteiger partial charge in [-0.25, -0.2) is 0 Å². The normalized spacial score (nSPS) is 19.1. The Labute approximate surface area is 367 Å².